The van der Waals surface area contributed by atoms with Crippen LogP contribution in [-0.4, -0.2) is 35.6 Å². The molecule has 3 atom stereocenters. The minimum Gasteiger partial charge on any atom is -0.307 e. The van der Waals surface area contributed by atoms with E-state index < -0.39 is 0 Å². The molecule has 1 saturated heterocycles. The number of piperidine rings is 1. The van der Waals surface area contributed by atoms with Crippen molar-refractivity contribution in [3.05, 3.63) is 29.3 Å². The molecule has 2 heterocycles. The lowest BCUT2D eigenvalue weighted by Crippen LogP contribution is -2.50. The minimum atomic E-state index is 0.605. The van der Waals surface area contributed by atoms with E-state index in [-0.39, 0.29) is 0 Å². The summed E-state index contributed by atoms with van der Waals surface area (Å²) in [5.41, 5.74) is 1.12. The molecule has 0 amide bonds. The highest BCUT2D eigenvalue weighted by atomic mass is 32.1. The first-order valence-corrected chi connectivity index (χ1v) is 8.23. The third-order valence-corrected chi connectivity index (χ3v) is 5.50. The Labute approximate surface area is 125 Å². The van der Waals surface area contributed by atoms with E-state index in [0.29, 0.717) is 18.0 Å². The SMILES string of the molecule is CC1CN(C)C(C)CC1NCc1nc2ccccc2s1. The van der Waals surface area contributed by atoms with E-state index in [1.54, 1.807) is 11.3 Å². The van der Waals surface area contributed by atoms with Gasteiger partial charge in [0.05, 0.1) is 10.2 Å². The Kier molecular flexibility index (Phi) is 4.06. The van der Waals surface area contributed by atoms with Gasteiger partial charge < -0.3 is 10.2 Å². The van der Waals surface area contributed by atoms with Crippen LogP contribution in [0.2, 0.25) is 0 Å². The average molecular weight is 289 g/mol. The molecule has 0 saturated carbocycles. The van der Waals surface area contributed by atoms with E-state index in [2.05, 4.69) is 55.4 Å². The summed E-state index contributed by atoms with van der Waals surface area (Å²) in [6, 6.07) is 9.65. The summed E-state index contributed by atoms with van der Waals surface area (Å²) in [5, 5.41) is 4.92. The largest absolute Gasteiger partial charge is 0.307 e. The van der Waals surface area contributed by atoms with E-state index in [1.165, 1.54) is 22.7 Å². The van der Waals surface area contributed by atoms with Gasteiger partial charge in [-0.25, -0.2) is 4.98 Å². The molecule has 3 rings (SSSR count). The van der Waals surface area contributed by atoms with Crippen LogP contribution in [0.1, 0.15) is 25.3 Å². The van der Waals surface area contributed by atoms with Crippen LogP contribution in [-0.2, 0) is 6.54 Å². The molecule has 2 aromatic rings. The second kappa shape index (κ2) is 5.80. The number of fused-ring (bicyclic) bond motifs is 1. The molecule has 0 spiro atoms. The zero-order chi connectivity index (χ0) is 14.1. The van der Waals surface area contributed by atoms with Gasteiger partial charge >= 0.3 is 0 Å². The second-order valence-electron chi connectivity index (χ2n) is 6.06. The number of hydrogen-bond acceptors (Lipinski definition) is 4. The van der Waals surface area contributed by atoms with Crippen LogP contribution in [0.5, 0.6) is 0 Å². The number of likely N-dealkylation sites (tertiary alicyclic amines) is 1. The average Bonchev–Trinajstić information content (AvgIpc) is 2.84. The summed E-state index contributed by atoms with van der Waals surface area (Å²) >= 11 is 1.80. The van der Waals surface area contributed by atoms with Crippen molar-refractivity contribution in [1.29, 1.82) is 0 Å². The zero-order valence-electron chi connectivity index (χ0n) is 12.5. The van der Waals surface area contributed by atoms with Crippen molar-refractivity contribution in [2.75, 3.05) is 13.6 Å². The van der Waals surface area contributed by atoms with Crippen LogP contribution in [0.15, 0.2) is 24.3 Å². The number of aromatic nitrogens is 1. The first-order chi connectivity index (χ1) is 9.63. The Balaban J connectivity index is 1.64. The van der Waals surface area contributed by atoms with Crippen molar-refractivity contribution in [2.45, 2.75) is 38.9 Å². The second-order valence-corrected chi connectivity index (χ2v) is 7.18. The van der Waals surface area contributed by atoms with Crippen LogP contribution < -0.4 is 5.32 Å². The fourth-order valence-corrected chi connectivity index (χ4v) is 3.96. The Morgan fingerprint density at radius 1 is 1.35 bits per heavy atom. The molecule has 1 aromatic carbocycles. The molecule has 1 aliphatic heterocycles. The van der Waals surface area contributed by atoms with E-state index in [9.17, 15) is 0 Å². The first kappa shape index (κ1) is 14.0. The van der Waals surface area contributed by atoms with Crippen molar-refractivity contribution in [3.63, 3.8) is 0 Å². The highest BCUT2D eigenvalue weighted by Crippen LogP contribution is 2.24. The molecule has 0 aliphatic carbocycles. The quantitative estimate of drug-likeness (QED) is 0.941. The maximum Gasteiger partial charge on any atom is 0.108 e. The Hall–Kier alpha value is -0.970. The molecule has 1 aromatic heterocycles. The Morgan fingerprint density at radius 2 is 2.15 bits per heavy atom. The number of para-hydroxylation sites is 1. The Morgan fingerprint density at radius 3 is 2.95 bits per heavy atom. The van der Waals surface area contributed by atoms with Crippen molar-refractivity contribution < 1.29 is 0 Å². The smallest absolute Gasteiger partial charge is 0.108 e. The number of nitrogens with one attached hydrogen (secondary N) is 1. The molecule has 3 nitrogen and oxygen atoms in total. The van der Waals surface area contributed by atoms with Crippen LogP contribution >= 0.6 is 11.3 Å². The fourth-order valence-electron chi connectivity index (χ4n) is 3.04. The van der Waals surface area contributed by atoms with Gasteiger partial charge in [0.1, 0.15) is 5.01 Å². The molecule has 108 valence electrons. The molecule has 4 heteroatoms. The van der Waals surface area contributed by atoms with Crippen LogP contribution in [0.4, 0.5) is 0 Å². The lowest BCUT2D eigenvalue weighted by Gasteiger charge is -2.40. The van der Waals surface area contributed by atoms with Gasteiger partial charge in [0.25, 0.3) is 0 Å². The molecular weight excluding hydrogens is 266 g/mol. The molecule has 3 unspecified atom stereocenters. The molecule has 0 radical (unpaired) electrons. The monoisotopic (exact) mass is 289 g/mol. The van der Waals surface area contributed by atoms with E-state index in [1.807, 2.05) is 0 Å². The number of nitrogens with zero attached hydrogens (tertiary/aromatic N) is 2. The van der Waals surface area contributed by atoms with Gasteiger partial charge in [0.15, 0.2) is 0 Å². The van der Waals surface area contributed by atoms with E-state index >= 15 is 0 Å². The minimum absolute atomic E-state index is 0.605. The van der Waals surface area contributed by atoms with Gasteiger partial charge in [-0.2, -0.15) is 0 Å². The molecule has 0 bridgehead atoms. The standard InChI is InChI=1S/C16H23N3S/c1-11-10-19(3)12(2)8-14(11)17-9-16-18-13-6-4-5-7-15(13)20-16/h4-7,11-12,14,17H,8-10H2,1-3H3. The molecule has 1 aliphatic rings. The highest BCUT2D eigenvalue weighted by molar-refractivity contribution is 7.18. The summed E-state index contributed by atoms with van der Waals surface area (Å²) < 4.78 is 1.29. The number of benzene rings is 1. The van der Waals surface area contributed by atoms with Crippen LogP contribution in [0, 0.1) is 5.92 Å². The summed E-state index contributed by atoms with van der Waals surface area (Å²) in [5.74, 6) is 0.700. The van der Waals surface area contributed by atoms with Crippen molar-refractivity contribution >= 4 is 21.6 Å². The molecule has 1 fully saturated rings. The maximum absolute atomic E-state index is 4.70. The van der Waals surface area contributed by atoms with Crippen molar-refractivity contribution in [3.8, 4) is 0 Å². The predicted molar refractivity (Wildman–Crippen MR) is 86.1 cm³/mol. The van der Waals surface area contributed by atoms with Gasteiger partial charge in [0, 0.05) is 25.2 Å². The lowest BCUT2D eigenvalue weighted by atomic mass is 9.90. The normalized spacial score (nSPS) is 28.1. The lowest BCUT2D eigenvalue weighted by molar-refractivity contribution is 0.121. The zero-order valence-corrected chi connectivity index (χ0v) is 13.3. The summed E-state index contributed by atoms with van der Waals surface area (Å²) in [6.45, 7) is 6.74. The molecular formula is C16H23N3S. The number of hydrogen-bond donors (Lipinski definition) is 1. The van der Waals surface area contributed by atoms with E-state index in [0.717, 1.165) is 12.1 Å². The Bertz CT molecular complexity index is 547. The topological polar surface area (TPSA) is 28.2 Å². The molecule has 1 N–H and O–H groups in total. The number of thiazole rings is 1. The summed E-state index contributed by atoms with van der Waals surface area (Å²) in [6.07, 6.45) is 1.22. The highest BCUT2D eigenvalue weighted by Gasteiger charge is 2.28. The molecule has 20 heavy (non-hydrogen) atoms. The fraction of sp³-hybridized carbons (Fsp3) is 0.562. The number of rotatable bonds is 3. The van der Waals surface area contributed by atoms with Gasteiger partial charge in [-0.3, -0.25) is 0 Å². The van der Waals surface area contributed by atoms with Gasteiger partial charge in [0.2, 0.25) is 0 Å². The van der Waals surface area contributed by atoms with Gasteiger partial charge in [-0.05, 0) is 38.4 Å². The van der Waals surface area contributed by atoms with Crippen LogP contribution in [0.3, 0.4) is 0 Å². The third-order valence-electron chi connectivity index (χ3n) is 4.46. The first-order valence-electron chi connectivity index (χ1n) is 7.41. The summed E-state index contributed by atoms with van der Waals surface area (Å²) in [7, 11) is 2.23. The van der Waals surface area contributed by atoms with Gasteiger partial charge in [-0.1, -0.05) is 19.1 Å². The van der Waals surface area contributed by atoms with Crippen molar-refractivity contribution in [1.82, 2.24) is 15.2 Å². The maximum atomic E-state index is 4.70. The summed E-state index contributed by atoms with van der Waals surface area (Å²) in [4.78, 5) is 7.16. The van der Waals surface area contributed by atoms with Crippen molar-refractivity contribution in [2.24, 2.45) is 5.92 Å². The van der Waals surface area contributed by atoms with Crippen LogP contribution in [0.25, 0.3) is 10.2 Å². The third kappa shape index (κ3) is 2.87. The van der Waals surface area contributed by atoms with Gasteiger partial charge in [-0.15, -0.1) is 11.3 Å². The van der Waals surface area contributed by atoms with E-state index in [4.69, 9.17) is 4.98 Å². The predicted octanol–water partition coefficient (Wildman–Crippen LogP) is 3.11.